The first-order chi connectivity index (χ1) is 19.2. The number of rotatable bonds is 4. The molecule has 0 fully saturated rings. The Hall–Kier alpha value is -4.77. The summed E-state index contributed by atoms with van der Waals surface area (Å²) in [5.74, 6) is 4.35. The molecule has 1 unspecified atom stereocenters. The highest BCUT2D eigenvalue weighted by Crippen LogP contribution is 2.44. The minimum atomic E-state index is 0.351. The highest BCUT2D eigenvalue weighted by atomic mass is 16.5. The van der Waals surface area contributed by atoms with Gasteiger partial charge in [0.2, 0.25) is 0 Å². The van der Waals surface area contributed by atoms with Crippen LogP contribution in [0.1, 0.15) is 32.0 Å². The van der Waals surface area contributed by atoms with Crippen molar-refractivity contribution in [1.82, 2.24) is 15.0 Å². The number of nitrogens with zero attached hydrogens (tertiary/aromatic N) is 4. The summed E-state index contributed by atoms with van der Waals surface area (Å²) < 4.78 is 6.26. The molecule has 0 amide bonds. The minimum Gasteiger partial charge on any atom is -0.457 e. The van der Waals surface area contributed by atoms with E-state index in [4.69, 9.17) is 19.7 Å². The van der Waals surface area contributed by atoms with Gasteiger partial charge >= 0.3 is 0 Å². The Balaban J connectivity index is 1.31. The van der Waals surface area contributed by atoms with E-state index >= 15 is 0 Å². The average Bonchev–Trinajstić information content (AvgIpc) is 3.00. The van der Waals surface area contributed by atoms with Gasteiger partial charge in [-0.25, -0.2) is 15.0 Å². The largest absolute Gasteiger partial charge is 0.457 e. The van der Waals surface area contributed by atoms with E-state index in [0.717, 1.165) is 70.4 Å². The van der Waals surface area contributed by atoms with Crippen LogP contribution in [-0.2, 0) is 0 Å². The minimum absolute atomic E-state index is 0.351. The maximum Gasteiger partial charge on any atom is 0.164 e. The molecule has 1 atom stereocenters. The number of fused-ring (bicyclic) bond motifs is 1. The van der Waals surface area contributed by atoms with Gasteiger partial charge in [-0.3, -0.25) is 0 Å². The van der Waals surface area contributed by atoms with Crippen LogP contribution in [0.2, 0.25) is 0 Å². The molecule has 2 aliphatic carbocycles. The van der Waals surface area contributed by atoms with Crippen LogP contribution in [0, 0.1) is 5.92 Å². The van der Waals surface area contributed by atoms with E-state index in [1.807, 2.05) is 42.5 Å². The molecule has 1 aromatic heterocycles. The first kappa shape index (κ1) is 23.4. The molecule has 5 nitrogen and oxygen atoms in total. The van der Waals surface area contributed by atoms with Crippen molar-refractivity contribution in [2.75, 3.05) is 4.90 Å². The molecule has 1 aliphatic heterocycles. The maximum absolute atomic E-state index is 6.26. The Morgan fingerprint density at radius 2 is 1.49 bits per heavy atom. The highest BCUT2D eigenvalue weighted by molar-refractivity contribution is 5.79. The second kappa shape index (κ2) is 9.84. The van der Waals surface area contributed by atoms with Crippen molar-refractivity contribution in [3.05, 3.63) is 127 Å². The SMILES string of the molecule is CC1CC=CC=C1c1nc(-c2ccccc2)nc(-c2ccc(N3C4=C(CCC=C4)Oc4ccccc43)cc2)n1. The number of hydrogen-bond acceptors (Lipinski definition) is 5. The standard InChI is InChI=1S/C34H28N4O/c1-23-11-5-6-14-27(23)34-36-32(24-12-3-2-4-13-24)35-33(37-34)25-19-21-26(22-20-25)38-28-15-7-9-17-30(28)39-31-18-10-8-16-29(31)38/h2-9,12-17,19-23H,10-11,18H2,1H3. The topological polar surface area (TPSA) is 51.1 Å². The quantitative estimate of drug-likeness (QED) is 0.278. The van der Waals surface area contributed by atoms with Crippen LogP contribution in [0.4, 0.5) is 11.4 Å². The molecular weight excluding hydrogens is 480 g/mol. The van der Waals surface area contributed by atoms with Crippen molar-refractivity contribution < 1.29 is 4.74 Å². The van der Waals surface area contributed by atoms with Crippen LogP contribution >= 0.6 is 0 Å². The number of hydrogen-bond donors (Lipinski definition) is 0. The molecule has 4 aromatic rings. The summed E-state index contributed by atoms with van der Waals surface area (Å²) in [7, 11) is 0. The fourth-order valence-electron chi connectivity index (χ4n) is 5.35. The summed E-state index contributed by atoms with van der Waals surface area (Å²) in [6.45, 7) is 2.22. The van der Waals surface area contributed by atoms with Crippen LogP contribution in [0.15, 0.2) is 121 Å². The zero-order valence-corrected chi connectivity index (χ0v) is 21.8. The number of aromatic nitrogens is 3. The molecule has 3 aromatic carbocycles. The molecule has 0 spiro atoms. The van der Waals surface area contributed by atoms with Gasteiger partial charge in [0, 0.05) is 28.8 Å². The van der Waals surface area contributed by atoms with Crippen molar-refractivity contribution in [3.63, 3.8) is 0 Å². The third-order valence-corrected chi connectivity index (χ3v) is 7.42. The monoisotopic (exact) mass is 508 g/mol. The zero-order chi connectivity index (χ0) is 26.2. The molecule has 2 heterocycles. The summed E-state index contributed by atoms with van der Waals surface area (Å²) >= 11 is 0. The highest BCUT2D eigenvalue weighted by Gasteiger charge is 2.28. The van der Waals surface area contributed by atoms with E-state index in [1.54, 1.807) is 0 Å². The van der Waals surface area contributed by atoms with Gasteiger partial charge in [0.15, 0.2) is 23.2 Å². The molecule has 5 heteroatoms. The Kier molecular flexibility index (Phi) is 5.89. The number of ether oxygens (including phenoxy) is 1. The van der Waals surface area contributed by atoms with E-state index in [-0.39, 0.29) is 0 Å². The van der Waals surface area contributed by atoms with Crippen LogP contribution < -0.4 is 9.64 Å². The van der Waals surface area contributed by atoms with Gasteiger partial charge in [0.25, 0.3) is 0 Å². The maximum atomic E-state index is 6.26. The van der Waals surface area contributed by atoms with Gasteiger partial charge in [-0.05, 0) is 61.2 Å². The van der Waals surface area contributed by atoms with Crippen molar-refractivity contribution in [1.29, 1.82) is 0 Å². The number of benzene rings is 3. The van der Waals surface area contributed by atoms with Crippen molar-refractivity contribution in [3.8, 4) is 28.5 Å². The summed E-state index contributed by atoms with van der Waals surface area (Å²) in [5, 5.41) is 0. The van der Waals surface area contributed by atoms with Gasteiger partial charge in [0.1, 0.15) is 5.76 Å². The summed E-state index contributed by atoms with van der Waals surface area (Å²) in [6.07, 6.45) is 13.7. The summed E-state index contributed by atoms with van der Waals surface area (Å²) in [5.41, 5.74) is 6.27. The Morgan fingerprint density at radius 3 is 2.28 bits per heavy atom. The van der Waals surface area contributed by atoms with E-state index in [0.29, 0.717) is 17.6 Å². The van der Waals surface area contributed by atoms with Crippen LogP contribution in [0.5, 0.6) is 5.75 Å². The van der Waals surface area contributed by atoms with Crippen LogP contribution in [-0.4, -0.2) is 15.0 Å². The van der Waals surface area contributed by atoms with E-state index in [2.05, 4.69) is 78.6 Å². The van der Waals surface area contributed by atoms with Gasteiger partial charge in [-0.15, -0.1) is 0 Å². The number of allylic oxidation sites excluding steroid dienone is 7. The third kappa shape index (κ3) is 4.36. The lowest BCUT2D eigenvalue weighted by Gasteiger charge is -2.35. The predicted octanol–water partition coefficient (Wildman–Crippen LogP) is 8.28. The van der Waals surface area contributed by atoms with E-state index in [1.165, 1.54) is 0 Å². The molecule has 190 valence electrons. The zero-order valence-electron chi connectivity index (χ0n) is 21.8. The molecule has 0 saturated heterocycles. The molecule has 3 aliphatic rings. The molecule has 0 N–H and O–H groups in total. The molecule has 0 saturated carbocycles. The number of para-hydroxylation sites is 2. The molecule has 0 radical (unpaired) electrons. The molecule has 39 heavy (non-hydrogen) atoms. The Labute approximate surface area is 228 Å². The number of anilines is 2. The van der Waals surface area contributed by atoms with Crippen molar-refractivity contribution >= 4 is 16.9 Å². The third-order valence-electron chi connectivity index (χ3n) is 7.42. The molecule has 7 rings (SSSR count). The fourth-order valence-corrected chi connectivity index (χ4v) is 5.35. The fraction of sp³-hybridized carbons (Fsp3) is 0.147. The van der Waals surface area contributed by atoms with Gasteiger partial charge in [-0.1, -0.05) is 73.7 Å². The second-order valence-electron chi connectivity index (χ2n) is 10.1. The Morgan fingerprint density at radius 1 is 0.769 bits per heavy atom. The normalized spacial score (nSPS) is 17.8. The van der Waals surface area contributed by atoms with Gasteiger partial charge < -0.3 is 9.64 Å². The first-order valence-electron chi connectivity index (χ1n) is 13.5. The summed E-state index contributed by atoms with van der Waals surface area (Å²) in [6, 6.07) is 26.8. The lowest BCUT2D eigenvalue weighted by Crippen LogP contribution is -2.24. The van der Waals surface area contributed by atoms with Crippen LogP contribution in [0.3, 0.4) is 0 Å². The average molecular weight is 509 g/mol. The van der Waals surface area contributed by atoms with Gasteiger partial charge in [-0.2, -0.15) is 0 Å². The van der Waals surface area contributed by atoms with E-state index < -0.39 is 0 Å². The van der Waals surface area contributed by atoms with Crippen molar-refractivity contribution in [2.45, 2.75) is 26.2 Å². The first-order valence-corrected chi connectivity index (χ1v) is 13.5. The molecule has 0 bridgehead atoms. The van der Waals surface area contributed by atoms with Crippen molar-refractivity contribution in [2.24, 2.45) is 5.92 Å². The lowest BCUT2D eigenvalue weighted by molar-refractivity contribution is 0.388. The Bertz CT molecular complexity index is 1670. The van der Waals surface area contributed by atoms with Gasteiger partial charge in [0.05, 0.1) is 11.4 Å². The predicted molar refractivity (Wildman–Crippen MR) is 156 cm³/mol. The summed E-state index contributed by atoms with van der Waals surface area (Å²) in [4.78, 5) is 17.1. The lowest BCUT2D eigenvalue weighted by atomic mass is 9.92. The second-order valence-corrected chi connectivity index (χ2v) is 10.1. The van der Waals surface area contributed by atoms with E-state index in [9.17, 15) is 0 Å². The smallest absolute Gasteiger partial charge is 0.164 e. The van der Waals surface area contributed by atoms with Crippen LogP contribution in [0.25, 0.3) is 28.3 Å². The molecular formula is C34H28N4O.